The van der Waals surface area contributed by atoms with Gasteiger partial charge in [-0.25, -0.2) is 4.79 Å². The standard InChI is InChI=1S/C20H17N3O5S/c1-2-28-17(24)10-23-9-12-7-11(3-5-14(12)19(23)26)16-6-4-13(29-16)8-15-18(25)22-20(27)21-15/h3-8H,2,9-10H2,1H3,(H2,21,22,25,27)/b15-8+. The predicted molar refractivity (Wildman–Crippen MR) is 106 cm³/mol. The van der Waals surface area contributed by atoms with E-state index in [0.717, 1.165) is 20.9 Å². The number of hydrogen-bond donors (Lipinski definition) is 2. The van der Waals surface area contributed by atoms with Crippen LogP contribution < -0.4 is 10.6 Å². The molecular formula is C20H17N3O5S. The molecule has 2 aliphatic heterocycles. The lowest BCUT2D eigenvalue weighted by Gasteiger charge is -2.13. The SMILES string of the molecule is CCOC(=O)CN1Cc2cc(-c3ccc(/C=C4/NC(=O)NC4=O)s3)ccc2C1=O. The lowest BCUT2D eigenvalue weighted by atomic mass is 10.1. The number of rotatable bonds is 5. The number of imide groups is 1. The molecule has 0 spiro atoms. The van der Waals surface area contributed by atoms with Crippen molar-refractivity contribution in [2.24, 2.45) is 0 Å². The first-order valence-corrected chi connectivity index (χ1v) is 9.78. The van der Waals surface area contributed by atoms with Gasteiger partial charge in [-0.2, -0.15) is 0 Å². The Morgan fingerprint density at radius 2 is 2.03 bits per heavy atom. The minimum atomic E-state index is -0.534. The highest BCUT2D eigenvalue weighted by Gasteiger charge is 2.29. The molecule has 9 heteroatoms. The Balaban J connectivity index is 1.53. The second-order valence-electron chi connectivity index (χ2n) is 6.51. The normalized spacial score (nSPS) is 16.8. The summed E-state index contributed by atoms with van der Waals surface area (Å²) >= 11 is 1.46. The molecule has 1 aromatic carbocycles. The molecule has 3 heterocycles. The summed E-state index contributed by atoms with van der Waals surface area (Å²) in [4.78, 5) is 50.3. The topological polar surface area (TPSA) is 105 Å². The van der Waals surface area contributed by atoms with Crippen molar-refractivity contribution in [1.82, 2.24) is 15.5 Å². The number of carbonyl (C=O) groups excluding carboxylic acids is 4. The third-order valence-electron chi connectivity index (χ3n) is 4.53. The molecule has 2 aliphatic rings. The Labute approximate surface area is 170 Å². The second-order valence-corrected chi connectivity index (χ2v) is 7.62. The van der Waals surface area contributed by atoms with Gasteiger partial charge in [0, 0.05) is 21.9 Å². The van der Waals surface area contributed by atoms with E-state index in [9.17, 15) is 19.2 Å². The summed E-state index contributed by atoms with van der Waals surface area (Å²) in [6, 6.07) is 8.80. The van der Waals surface area contributed by atoms with E-state index >= 15 is 0 Å². The molecule has 1 saturated heterocycles. The highest BCUT2D eigenvalue weighted by Crippen LogP contribution is 2.33. The molecule has 0 aliphatic carbocycles. The van der Waals surface area contributed by atoms with Gasteiger partial charge in [-0.15, -0.1) is 11.3 Å². The minimum Gasteiger partial charge on any atom is -0.465 e. The van der Waals surface area contributed by atoms with Crippen LogP contribution in [0.4, 0.5) is 4.79 Å². The van der Waals surface area contributed by atoms with Gasteiger partial charge >= 0.3 is 12.0 Å². The van der Waals surface area contributed by atoms with Crippen LogP contribution in [0.15, 0.2) is 36.0 Å². The number of thiophene rings is 1. The van der Waals surface area contributed by atoms with Gasteiger partial charge in [0.05, 0.1) is 6.61 Å². The van der Waals surface area contributed by atoms with Crippen LogP contribution in [0.1, 0.15) is 27.7 Å². The smallest absolute Gasteiger partial charge is 0.326 e. The van der Waals surface area contributed by atoms with Crippen LogP contribution in [0.25, 0.3) is 16.5 Å². The van der Waals surface area contributed by atoms with E-state index in [4.69, 9.17) is 4.74 Å². The van der Waals surface area contributed by atoms with E-state index in [2.05, 4.69) is 10.6 Å². The molecule has 4 amide bonds. The van der Waals surface area contributed by atoms with E-state index < -0.39 is 17.9 Å². The van der Waals surface area contributed by atoms with Crippen LogP contribution >= 0.6 is 11.3 Å². The fourth-order valence-corrected chi connectivity index (χ4v) is 4.18. The molecule has 0 atom stereocenters. The van der Waals surface area contributed by atoms with Crippen molar-refractivity contribution in [1.29, 1.82) is 0 Å². The number of benzene rings is 1. The summed E-state index contributed by atoms with van der Waals surface area (Å²) < 4.78 is 4.92. The van der Waals surface area contributed by atoms with Crippen LogP contribution in [0.3, 0.4) is 0 Å². The van der Waals surface area contributed by atoms with Crippen molar-refractivity contribution in [2.75, 3.05) is 13.2 Å². The van der Waals surface area contributed by atoms with Crippen molar-refractivity contribution >= 4 is 41.2 Å². The quantitative estimate of drug-likeness (QED) is 0.445. The number of esters is 1. The van der Waals surface area contributed by atoms with Gasteiger partial charge in [-0.1, -0.05) is 6.07 Å². The second kappa shape index (κ2) is 7.51. The average Bonchev–Trinajstić information content (AvgIpc) is 3.35. The molecule has 4 rings (SSSR count). The van der Waals surface area contributed by atoms with E-state index in [-0.39, 0.29) is 24.8 Å². The zero-order valence-electron chi connectivity index (χ0n) is 15.5. The molecule has 0 radical (unpaired) electrons. The lowest BCUT2D eigenvalue weighted by Crippen LogP contribution is -2.31. The molecule has 1 aromatic heterocycles. The first-order valence-electron chi connectivity index (χ1n) is 8.96. The Morgan fingerprint density at radius 3 is 2.76 bits per heavy atom. The van der Waals surface area contributed by atoms with Crippen molar-refractivity contribution in [3.05, 3.63) is 52.0 Å². The molecule has 0 saturated carbocycles. The number of carbonyl (C=O) groups is 4. The maximum atomic E-state index is 12.5. The number of amides is 4. The molecule has 2 N–H and O–H groups in total. The molecule has 8 nitrogen and oxygen atoms in total. The first kappa shape index (κ1) is 18.9. The molecule has 1 fully saturated rings. The van der Waals surface area contributed by atoms with Crippen LogP contribution in [-0.2, 0) is 20.9 Å². The Kier molecular flexibility index (Phi) is 4.89. The number of nitrogens with one attached hydrogen (secondary N) is 2. The highest BCUT2D eigenvalue weighted by molar-refractivity contribution is 7.16. The van der Waals surface area contributed by atoms with Gasteiger partial charge in [0.15, 0.2) is 0 Å². The average molecular weight is 411 g/mol. The maximum absolute atomic E-state index is 12.5. The van der Waals surface area contributed by atoms with Crippen LogP contribution in [0.5, 0.6) is 0 Å². The fourth-order valence-electron chi connectivity index (χ4n) is 3.23. The van der Waals surface area contributed by atoms with E-state index in [1.165, 1.54) is 16.2 Å². The zero-order chi connectivity index (χ0) is 20.5. The van der Waals surface area contributed by atoms with Gasteiger partial charge < -0.3 is 15.0 Å². The number of nitrogens with zero attached hydrogens (tertiary/aromatic N) is 1. The number of urea groups is 1. The Bertz CT molecular complexity index is 1070. The third-order valence-corrected chi connectivity index (χ3v) is 5.61. The van der Waals surface area contributed by atoms with Crippen molar-refractivity contribution < 1.29 is 23.9 Å². The summed E-state index contributed by atoms with van der Waals surface area (Å²) in [6.45, 7) is 2.29. The van der Waals surface area contributed by atoms with Gasteiger partial charge in [-0.05, 0) is 48.4 Å². The van der Waals surface area contributed by atoms with Crippen LogP contribution in [-0.4, -0.2) is 41.9 Å². The monoisotopic (exact) mass is 411 g/mol. The molecule has 29 heavy (non-hydrogen) atoms. The van der Waals surface area contributed by atoms with Gasteiger partial charge in [-0.3, -0.25) is 19.7 Å². The third kappa shape index (κ3) is 3.77. The summed E-state index contributed by atoms with van der Waals surface area (Å²) in [7, 11) is 0. The Morgan fingerprint density at radius 1 is 1.21 bits per heavy atom. The highest BCUT2D eigenvalue weighted by atomic mass is 32.1. The van der Waals surface area contributed by atoms with E-state index in [0.29, 0.717) is 12.1 Å². The van der Waals surface area contributed by atoms with Gasteiger partial charge in [0.25, 0.3) is 11.8 Å². The number of ether oxygens (including phenoxy) is 1. The minimum absolute atomic E-state index is 0.0683. The van der Waals surface area contributed by atoms with E-state index in [1.54, 1.807) is 19.1 Å². The zero-order valence-corrected chi connectivity index (χ0v) is 16.3. The first-order chi connectivity index (χ1) is 13.9. The molecule has 2 aromatic rings. The van der Waals surface area contributed by atoms with Crippen molar-refractivity contribution in [2.45, 2.75) is 13.5 Å². The summed E-state index contributed by atoms with van der Waals surface area (Å²) in [5.41, 5.74) is 2.58. The molecule has 148 valence electrons. The number of hydrogen-bond acceptors (Lipinski definition) is 6. The summed E-state index contributed by atoms with van der Waals surface area (Å²) in [6.07, 6.45) is 1.62. The maximum Gasteiger partial charge on any atom is 0.326 e. The van der Waals surface area contributed by atoms with Crippen LogP contribution in [0, 0.1) is 0 Å². The van der Waals surface area contributed by atoms with Crippen LogP contribution in [0.2, 0.25) is 0 Å². The number of fused-ring (bicyclic) bond motifs is 1. The fraction of sp³-hybridized carbons (Fsp3) is 0.200. The van der Waals surface area contributed by atoms with Crippen molar-refractivity contribution in [3.8, 4) is 10.4 Å². The summed E-state index contributed by atoms with van der Waals surface area (Å²) in [5.74, 6) is -1.06. The van der Waals surface area contributed by atoms with Gasteiger partial charge in [0.1, 0.15) is 12.2 Å². The molecule has 0 unspecified atom stereocenters. The van der Waals surface area contributed by atoms with Crippen molar-refractivity contribution in [3.63, 3.8) is 0 Å². The largest absolute Gasteiger partial charge is 0.465 e. The molecular weight excluding hydrogens is 394 g/mol. The summed E-state index contributed by atoms with van der Waals surface area (Å²) in [5, 5.41) is 4.62. The Hall–Kier alpha value is -3.46. The van der Waals surface area contributed by atoms with E-state index in [1.807, 2.05) is 24.3 Å². The lowest BCUT2D eigenvalue weighted by molar-refractivity contribution is -0.143. The predicted octanol–water partition coefficient (Wildman–Crippen LogP) is 2.11. The molecule has 0 bridgehead atoms. The van der Waals surface area contributed by atoms with Gasteiger partial charge in [0.2, 0.25) is 0 Å².